The third kappa shape index (κ3) is 4.53. The number of pyridine rings is 1. The smallest absolute Gasteiger partial charge is 0.323 e. The van der Waals surface area contributed by atoms with E-state index in [0.717, 1.165) is 5.56 Å². The number of nitrogens with zero attached hydrogens (tertiary/aromatic N) is 3. The first-order valence-electron chi connectivity index (χ1n) is 6.35. The van der Waals surface area contributed by atoms with Crippen LogP contribution in [0.1, 0.15) is 26.3 Å². The summed E-state index contributed by atoms with van der Waals surface area (Å²) in [4.78, 5) is 30.1. The summed E-state index contributed by atoms with van der Waals surface area (Å²) in [6.45, 7) is 5.50. The standard InChI is InChI=1S/C14H21N3O3/c1-14(2,3)17(10-12(18)19)13(20)16(4)9-11-6-5-7-15-8-11/h5-8H,9-10H2,1-4H3,(H,18,19). The van der Waals surface area contributed by atoms with Crippen molar-refractivity contribution in [3.8, 4) is 0 Å². The van der Waals surface area contributed by atoms with Gasteiger partial charge >= 0.3 is 12.0 Å². The van der Waals surface area contributed by atoms with Crippen molar-refractivity contribution in [2.24, 2.45) is 0 Å². The number of carboxylic acids is 1. The molecule has 20 heavy (non-hydrogen) atoms. The monoisotopic (exact) mass is 279 g/mol. The first-order valence-corrected chi connectivity index (χ1v) is 6.35. The van der Waals surface area contributed by atoms with Gasteiger partial charge in [-0.05, 0) is 32.4 Å². The lowest BCUT2D eigenvalue weighted by molar-refractivity contribution is -0.138. The Hall–Kier alpha value is -2.11. The van der Waals surface area contributed by atoms with Crippen molar-refractivity contribution in [1.29, 1.82) is 0 Å². The van der Waals surface area contributed by atoms with E-state index in [9.17, 15) is 9.59 Å². The Morgan fingerprint density at radius 3 is 2.45 bits per heavy atom. The van der Waals surface area contributed by atoms with Crippen LogP contribution < -0.4 is 0 Å². The molecule has 0 aliphatic rings. The van der Waals surface area contributed by atoms with Gasteiger partial charge in [-0.15, -0.1) is 0 Å². The van der Waals surface area contributed by atoms with E-state index < -0.39 is 11.5 Å². The Labute approximate surface area is 119 Å². The van der Waals surface area contributed by atoms with Crippen LogP contribution in [-0.2, 0) is 11.3 Å². The minimum atomic E-state index is -1.02. The Morgan fingerprint density at radius 1 is 1.35 bits per heavy atom. The maximum absolute atomic E-state index is 12.4. The molecule has 0 aliphatic carbocycles. The molecule has 0 radical (unpaired) electrons. The summed E-state index contributed by atoms with van der Waals surface area (Å²) in [5.41, 5.74) is 0.339. The van der Waals surface area contributed by atoms with E-state index in [1.165, 1.54) is 9.80 Å². The topological polar surface area (TPSA) is 73.7 Å². The summed E-state index contributed by atoms with van der Waals surface area (Å²) in [5, 5.41) is 8.95. The zero-order valence-corrected chi connectivity index (χ0v) is 12.3. The number of hydrogen-bond donors (Lipinski definition) is 1. The van der Waals surface area contributed by atoms with E-state index in [-0.39, 0.29) is 12.6 Å². The maximum atomic E-state index is 12.4. The number of carboxylic acid groups (broad SMARTS) is 1. The van der Waals surface area contributed by atoms with Gasteiger partial charge in [-0.2, -0.15) is 0 Å². The largest absolute Gasteiger partial charge is 0.480 e. The van der Waals surface area contributed by atoms with Gasteiger partial charge < -0.3 is 14.9 Å². The van der Waals surface area contributed by atoms with Gasteiger partial charge in [-0.1, -0.05) is 6.07 Å². The molecule has 1 aromatic heterocycles. The summed E-state index contributed by atoms with van der Waals surface area (Å²) in [7, 11) is 1.65. The number of urea groups is 1. The third-order valence-electron chi connectivity index (χ3n) is 2.80. The van der Waals surface area contributed by atoms with E-state index >= 15 is 0 Å². The van der Waals surface area contributed by atoms with Crippen LogP contribution in [0.3, 0.4) is 0 Å². The SMILES string of the molecule is CN(Cc1cccnc1)C(=O)N(CC(=O)O)C(C)(C)C. The lowest BCUT2D eigenvalue weighted by atomic mass is 10.1. The van der Waals surface area contributed by atoms with Crippen LogP contribution in [0.2, 0.25) is 0 Å². The van der Waals surface area contributed by atoms with E-state index in [2.05, 4.69) is 4.98 Å². The van der Waals surface area contributed by atoms with Gasteiger partial charge in [-0.25, -0.2) is 4.79 Å². The second-order valence-corrected chi connectivity index (χ2v) is 5.65. The van der Waals surface area contributed by atoms with Crippen molar-refractivity contribution in [3.05, 3.63) is 30.1 Å². The molecule has 1 aromatic rings. The summed E-state index contributed by atoms with van der Waals surface area (Å²) in [6.07, 6.45) is 3.35. The average molecular weight is 279 g/mol. The molecule has 1 rings (SSSR count). The fraction of sp³-hybridized carbons (Fsp3) is 0.500. The number of rotatable bonds is 4. The molecular formula is C14H21N3O3. The van der Waals surface area contributed by atoms with Crippen molar-refractivity contribution in [3.63, 3.8) is 0 Å². The minimum Gasteiger partial charge on any atom is -0.480 e. The average Bonchev–Trinajstić information content (AvgIpc) is 2.34. The highest BCUT2D eigenvalue weighted by Crippen LogP contribution is 2.16. The molecule has 6 nitrogen and oxygen atoms in total. The first-order chi connectivity index (χ1) is 9.21. The lowest BCUT2D eigenvalue weighted by Gasteiger charge is -2.37. The maximum Gasteiger partial charge on any atom is 0.323 e. The van der Waals surface area contributed by atoms with E-state index in [1.54, 1.807) is 25.5 Å². The van der Waals surface area contributed by atoms with E-state index in [4.69, 9.17) is 5.11 Å². The lowest BCUT2D eigenvalue weighted by Crippen LogP contribution is -2.52. The Kier molecular flexibility index (Phi) is 5.07. The van der Waals surface area contributed by atoms with Crippen LogP contribution in [0.15, 0.2) is 24.5 Å². The van der Waals surface area contributed by atoms with Crippen molar-refractivity contribution >= 4 is 12.0 Å². The molecule has 0 aliphatic heterocycles. The second kappa shape index (κ2) is 6.36. The number of aliphatic carboxylic acids is 1. The van der Waals surface area contributed by atoms with Gasteiger partial charge in [0.05, 0.1) is 0 Å². The number of hydrogen-bond acceptors (Lipinski definition) is 3. The van der Waals surface area contributed by atoms with Crippen molar-refractivity contribution in [1.82, 2.24) is 14.8 Å². The highest BCUT2D eigenvalue weighted by Gasteiger charge is 2.30. The molecule has 110 valence electrons. The molecule has 6 heteroatoms. The molecule has 0 spiro atoms. The molecule has 0 atom stereocenters. The van der Waals surface area contributed by atoms with Crippen LogP contribution in [0, 0.1) is 0 Å². The normalized spacial score (nSPS) is 11.0. The van der Waals surface area contributed by atoms with Crippen molar-refractivity contribution < 1.29 is 14.7 Å². The molecule has 0 fully saturated rings. The summed E-state index contributed by atoms with van der Waals surface area (Å²) >= 11 is 0. The molecule has 0 bridgehead atoms. The molecule has 0 saturated heterocycles. The first kappa shape index (κ1) is 15.9. The highest BCUT2D eigenvalue weighted by atomic mass is 16.4. The van der Waals surface area contributed by atoms with E-state index in [1.807, 2.05) is 26.8 Å². The number of aromatic nitrogens is 1. The fourth-order valence-corrected chi connectivity index (χ4v) is 1.77. The zero-order valence-electron chi connectivity index (χ0n) is 12.3. The quantitative estimate of drug-likeness (QED) is 0.912. The molecule has 0 unspecified atom stereocenters. The molecule has 0 saturated carbocycles. The Morgan fingerprint density at radius 2 is 2.00 bits per heavy atom. The number of carbonyl (C=O) groups is 2. The predicted octanol–water partition coefficient (Wildman–Crippen LogP) is 1.82. The van der Waals surface area contributed by atoms with Crippen LogP contribution >= 0.6 is 0 Å². The van der Waals surface area contributed by atoms with Crippen LogP contribution in [0.4, 0.5) is 4.79 Å². The number of amides is 2. The van der Waals surface area contributed by atoms with Gasteiger partial charge in [0.15, 0.2) is 0 Å². The molecule has 1 heterocycles. The fourth-order valence-electron chi connectivity index (χ4n) is 1.77. The molecule has 2 amide bonds. The van der Waals surface area contributed by atoms with Gasteiger partial charge in [0, 0.05) is 31.5 Å². The van der Waals surface area contributed by atoms with Gasteiger partial charge in [0.1, 0.15) is 6.54 Å². The van der Waals surface area contributed by atoms with Gasteiger partial charge in [-0.3, -0.25) is 9.78 Å². The third-order valence-corrected chi connectivity index (χ3v) is 2.80. The van der Waals surface area contributed by atoms with Crippen LogP contribution in [0.25, 0.3) is 0 Å². The summed E-state index contributed by atoms with van der Waals surface area (Å²) in [6, 6.07) is 3.35. The van der Waals surface area contributed by atoms with Crippen molar-refractivity contribution in [2.75, 3.05) is 13.6 Å². The van der Waals surface area contributed by atoms with Gasteiger partial charge in [0.2, 0.25) is 0 Å². The Bertz CT molecular complexity index is 468. The zero-order chi connectivity index (χ0) is 15.3. The molecule has 0 aromatic carbocycles. The number of carbonyl (C=O) groups excluding carboxylic acids is 1. The molecular weight excluding hydrogens is 258 g/mol. The van der Waals surface area contributed by atoms with Crippen LogP contribution in [-0.4, -0.2) is 51.0 Å². The van der Waals surface area contributed by atoms with Crippen LogP contribution in [0.5, 0.6) is 0 Å². The van der Waals surface area contributed by atoms with Crippen molar-refractivity contribution in [2.45, 2.75) is 32.9 Å². The van der Waals surface area contributed by atoms with E-state index in [0.29, 0.717) is 6.54 Å². The highest BCUT2D eigenvalue weighted by molar-refractivity contribution is 5.80. The summed E-state index contributed by atoms with van der Waals surface area (Å²) in [5.74, 6) is -1.02. The minimum absolute atomic E-state index is 0.316. The predicted molar refractivity (Wildman–Crippen MR) is 75.2 cm³/mol. The van der Waals surface area contributed by atoms with Gasteiger partial charge in [0.25, 0.3) is 0 Å². The Balaban J connectivity index is 2.81. The molecule has 1 N–H and O–H groups in total. The second-order valence-electron chi connectivity index (χ2n) is 5.65. The summed E-state index contributed by atoms with van der Waals surface area (Å²) < 4.78 is 0.